The Labute approximate surface area is 401 Å². The van der Waals surface area contributed by atoms with Crippen LogP contribution in [0.15, 0.2) is 134 Å². The van der Waals surface area contributed by atoms with E-state index in [2.05, 4.69) is 238 Å². The van der Waals surface area contributed by atoms with Crippen molar-refractivity contribution in [1.29, 1.82) is 0 Å². The Morgan fingerprint density at radius 1 is 0.600 bits per heavy atom. The molecule has 0 bridgehead atoms. The van der Waals surface area contributed by atoms with Crippen LogP contribution in [-0.4, -0.2) is 9.55 Å². The third kappa shape index (κ3) is 8.42. The molecule has 0 amide bonds. The van der Waals surface area contributed by atoms with Crippen LogP contribution < -0.4 is 14.5 Å². The number of ether oxygens (including phenoxy) is 1. The van der Waals surface area contributed by atoms with E-state index in [0.717, 1.165) is 55.9 Å². The zero-order chi connectivity index (χ0) is 45.3. The Balaban J connectivity index is 0.00000576. The van der Waals surface area contributed by atoms with Crippen LogP contribution in [0.5, 0.6) is 11.5 Å². The third-order valence-electron chi connectivity index (χ3n) is 13.7. The molecular formula is C59H61N4OPt-3. The fraction of sp³-hybridized carbons (Fsp3) is 0.288. The topological polar surface area (TPSA) is 33.5 Å². The summed E-state index contributed by atoms with van der Waals surface area (Å²) in [6.45, 7) is 29.7. The second-order valence-corrected chi connectivity index (χ2v) is 20.7. The molecule has 0 fully saturated rings. The maximum Gasteiger partial charge on any atom is 0.135 e. The molecule has 0 N–H and O–H groups in total. The van der Waals surface area contributed by atoms with Gasteiger partial charge in [-0.05, 0) is 104 Å². The molecular weight excluding hydrogens is 976 g/mol. The Hall–Kier alpha value is -5.64. The van der Waals surface area contributed by atoms with Crippen molar-refractivity contribution in [1.82, 2.24) is 9.55 Å². The van der Waals surface area contributed by atoms with Crippen molar-refractivity contribution in [2.75, 3.05) is 9.80 Å². The maximum atomic E-state index is 7.00. The van der Waals surface area contributed by atoms with Gasteiger partial charge in [-0.1, -0.05) is 149 Å². The van der Waals surface area contributed by atoms with Crippen molar-refractivity contribution >= 4 is 44.6 Å². The summed E-state index contributed by atoms with van der Waals surface area (Å²) in [6, 6.07) is 53.3. The number of anilines is 4. The van der Waals surface area contributed by atoms with Gasteiger partial charge in [-0.3, -0.25) is 0 Å². The molecule has 0 spiro atoms. The van der Waals surface area contributed by atoms with Crippen molar-refractivity contribution in [3.8, 4) is 28.4 Å². The summed E-state index contributed by atoms with van der Waals surface area (Å²) in [5.74, 6) is 2.70. The van der Waals surface area contributed by atoms with Crippen LogP contribution in [0.3, 0.4) is 0 Å². The van der Waals surface area contributed by atoms with Gasteiger partial charge in [0.1, 0.15) is 5.82 Å². The molecule has 0 saturated heterocycles. The molecule has 9 rings (SSSR count). The van der Waals surface area contributed by atoms with Gasteiger partial charge in [-0.25, -0.2) is 4.98 Å². The van der Waals surface area contributed by atoms with Gasteiger partial charge in [0, 0.05) is 61.3 Å². The van der Waals surface area contributed by atoms with Gasteiger partial charge in [0.25, 0.3) is 0 Å². The zero-order valence-corrected chi connectivity index (χ0v) is 42.2. The number of fused-ring (bicyclic) bond motifs is 4. The molecule has 65 heavy (non-hydrogen) atoms. The largest absolute Gasteiger partial charge is 0.509 e. The van der Waals surface area contributed by atoms with E-state index in [1.165, 1.54) is 27.8 Å². The molecule has 5 nitrogen and oxygen atoms in total. The molecule has 1 aliphatic heterocycles. The fourth-order valence-electron chi connectivity index (χ4n) is 9.03. The van der Waals surface area contributed by atoms with Crippen LogP contribution in [0, 0.1) is 24.2 Å². The van der Waals surface area contributed by atoms with Crippen molar-refractivity contribution in [2.45, 2.75) is 106 Å². The number of para-hydroxylation sites is 3. The Morgan fingerprint density at radius 3 is 1.94 bits per heavy atom. The van der Waals surface area contributed by atoms with Crippen LogP contribution in [0.4, 0.5) is 22.7 Å². The first-order chi connectivity index (χ1) is 30.4. The molecule has 3 heterocycles. The van der Waals surface area contributed by atoms with Gasteiger partial charge in [-0.2, -0.15) is 6.07 Å². The number of benzene rings is 6. The normalized spacial score (nSPS) is 13.3. The molecule has 2 aromatic heterocycles. The molecule has 6 heteroatoms. The number of pyridine rings is 1. The minimum atomic E-state index is -0.0460. The standard InChI is InChI=1S/C59H61N4O.Pt/c1-38(2)47-22-18-23-48(39(3)4)56(47)40-31-44(62-37-61(52-25-15-16-26-53(52)62)43-20-17-19-42(33-43)59(11,12)58(8,9)10)35-46(32-40)64-45-27-28-50-49-21-13-14-24-51(49)63(54(50)36-45)55-34-41(29-30-60-55)57(5,6)7;/h13-34,37-39H,1-12H3;/q-3;. The van der Waals surface area contributed by atoms with Crippen molar-refractivity contribution in [3.63, 3.8) is 0 Å². The first-order valence-electron chi connectivity index (χ1n) is 22.8. The number of nitrogens with zero attached hydrogens (tertiary/aromatic N) is 4. The summed E-state index contributed by atoms with van der Waals surface area (Å²) in [4.78, 5) is 9.48. The summed E-state index contributed by atoms with van der Waals surface area (Å²) in [5.41, 5.74) is 13.7. The number of aromatic nitrogens is 2. The van der Waals surface area contributed by atoms with Crippen molar-refractivity contribution in [3.05, 3.63) is 175 Å². The Bertz CT molecular complexity index is 3010. The SMILES string of the molecule is CC(C)c1cccc(C(C)C)c1-c1cc(Oc2[c-]c3c(cc2)c2ccccc2n3-c2cc(C(C)(C)C)ccn2)[c-]c(N2[CH-]N(c3cccc(C(C)(C)C(C)(C)C)c3)c3ccccc32)c1.[Pt]. The summed E-state index contributed by atoms with van der Waals surface area (Å²) >= 11 is 0. The smallest absolute Gasteiger partial charge is 0.135 e. The molecule has 0 atom stereocenters. The number of hydrogen-bond donors (Lipinski definition) is 0. The van der Waals surface area contributed by atoms with Crippen LogP contribution in [0.2, 0.25) is 0 Å². The second kappa shape index (κ2) is 17.3. The van der Waals surface area contributed by atoms with Crippen molar-refractivity contribution < 1.29 is 25.8 Å². The zero-order valence-electron chi connectivity index (χ0n) is 39.9. The first kappa shape index (κ1) is 45.9. The molecule has 0 saturated carbocycles. The number of rotatable bonds is 9. The summed E-state index contributed by atoms with van der Waals surface area (Å²) in [7, 11) is 0. The van der Waals surface area contributed by atoms with Gasteiger partial charge in [0.2, 0.25) is 0 Å². The fourth-order valence-corrected chi connectivity index (χ4v) is 9.03. The average molecular weight is 1040 g/mol. The third-order valence-corrected chi connectivity index (χ3v) is 13.7. The predicted molar refractivity (Wildman–Crippen MR) is 269 cm³/mol. The summed E-state index contributed by atoms with van der Waals surface area (Å²) in [6.07, 6.45) is 1.91. The van der Waals surface area contributed by atoms with Crippen LogP contribution in [-0.2, 0) is 31.9 Å². The first-order valence-corrected chi connectivity index (χ1v) is 22.8. The van der Waals surface area contributed by atoms with Crippen LogP contribution >= 0.6 is 0 Å². The van der Waals surface area contributed by atoms with Gasteiger partial charge in [0.05, 0.1) is 0 Å². The molecule has 1 aliphatic rings. The van der Waals surface area contributed by atoms with E-state index >= 15 is 0 Å². The predicted octanol–water partition coefficient (Wildman–Crippen LogP) is 16.5. The van der Waals surface area contributed by atoms with Gasteiger partial charge in [-0.15, -0.1) is 53.6 Å². The average Bonchev–Trinajstić information content (AvgIpc) is 3.81. The molecule has 336 valence electrons. The van der Waals surface area contributed by atoms with Gasteiger partial charge in [0.15, 0.2) is 0 Å². The second-order valence-electron chi connectivity index (χ2n) is 20.7. The maximum absolute atomic E-state index is 7.00. The van der Waals surface area contributed by atoms with E-state index in [1.54, 1.807) is 0 Å². The van der Waals surface area contributed by atoms with E-state index in [-0.39, 0.29) is 37.3 Å². The van der Waals surface area contributed by atoms with E-state index < -0.39 is 0 Å². The van der Waals surface area contributed by atoms with Crippen LogP contribution in [0.1, 0.15) is 117 Å². The van der Waals surface area contributed by atoms with E-state index in [1.807, 2.05) is 12.3 Å². The Kier molecular flexibility index (Phi) is 12.2. The minimum Gasteiger partial charge on any atom is -0.509 e. The van der Waals surface area contributed by atoms with E-state index in [0.29, 0.717) is 23.3 Å². The quantitative estimate of drug-likeness (QED) is 0.135. The monoisotopic (exact) mass is 1040 g/mol. The Morgan fingerprint density at radius 2 is 1.26 bits per heavy atom. The molecule has 0 unspecified atom stereocenters. The molecule has 6 aromatic carbocycles. The van der Waals surface area contributed by atoms with Crippen molar-refractivity contribution in [2.24, 2.45) is 5.41 Å². The minimum absolute atomic E-state index is 0. The van der Waals surface area contributed by atoms with Crippen LogP contribution in [0.25, 0.3) is 38.8 Å². The molecule has 0 aliphatic carbocycles. The van der Waals surface area contributed by atoms with E-state index in [4.69, 9.17) is 9.72 Å². The van der Waals surface area contributed by atoms with E-state index in [9.17, 15) is 0 Å². The van der Waals surface area contributed by atoms with Gasteiger partial charge >= 0.3 is 0 Å². The molecule has 0 radical (unpaired) electrons. The number of hydrogen-bond acceptors (Lipinski definition) is 4. The summed E-state index contributed by atoms with van der Waals surface area (Å²) in [5, 5.41) is 2.24. The molecule has 8 aromatic rings. The van der Waals surface area contributed by atoms with Gasteiger partial charge < -0.3 is 19.1 Å². The summed E-state index contributed by atoms with van der Waals surface area (Å²) < 4.78 is 9.22.